The van der Waals surface area contributed by atoms with Crippen molar-refractivity contribution in [1.82, 2.24) is 15.3 Å². The van der Waals surface area contributed by atoms with Crippen LogP contribution in [0.2, 0.25) is 0 Å². The fraction of sp³-hybridized carbons (Fsp3) is 0.538. The van der Waals surface area contributed by atoms with Crippen molar-refractivity contribution in [1.29, 1.82) is 0 Å². The van der Waals surface area contributed by atoms with Gasteiger partial charge in [-0.1, -0.05) is 25.8 Å². The number of carbonyl (C=O) groups is 3. The number of rotatable bonds is 6. The Balaban J connectivity index is 2.37. The van der Waals surface area contributed by atoms with Crippen molar-refractivity contribution in [2.45, 2.75) is 38.3 Å². The normalized spacial score (nSPS) is 24.9. The molecule has 0 aromatic carbocycles. The van der Waals surface area contributed by atoms with Crippen LogP contribution in [0.1, 0.15) is 32.6 Å². The van der Waals surface area contributed by atoms with Crippen LogP contribution in [0.3, 0.4) is 0 Å². The lowest BCUT2D eigenvalue weighted by molar-refractivity contribution is -0.146. The van der Waals surface area contributed by atoms with Crippen molar-refractivity contribution in [2.24, 2.45) is 4.99 Å². The third-order valence-electron chi connectivity index (χ3n) is 3.59. The number of imide groups is 1. The lowest BCUT2D eigenvalue weighted by Gasteiger charge is -2.43. The van der Waals surface area contributed by atoms with Crippen molar-refractivity contribution in [3.63, 3.8) is 0 Å². The lowest BCUT2D eigenvalue weighted by atomic mass is 9.93. The Bertz CT molecular complexity index is 530. The average molecular weight is 294 g/mol. The molecule has 8 heteroatoms. The smallest absolute Gasteiger partial charge is 0.306 e. The van der Waals surface area contributed by atoms with E-state index < -0.39 is 23.6 Å². The van der Waals surface area contributed by atoms with E-state index in [-0.39, 0.29) is 18.7 Å². The van der Waals surface area contributed by atoms with E-state index in [1.54, 1.807) is 0 Å². The van der Waals surface area contributed by atoms with Gasteiger partial charge < -0.3 is 5.32 Å². The van der Waals surface area contributed by atoms with E-state index >= 15 is 0 Å². The van der Waals surface area contributed by atoms with Gasteiger partial charge in [-0.3, -0.25) is 14.9 Å². The summed E-state index contributed by atoms with van der Waals surface area (Å²) >= 11 is 0. The third-order valence-corrected chi connectivity index (χ3v) is 3.59. The fourth-order valence-corrected chi connectivity index (χ4v) is 2.54. The molecule has 0 aromatic rings. The van der Waals surface area contributed by atoms with Crippen LogP contribution in [0, 0.1) is 0 Å². The van der Waals surface area contributed by atoms with Crippen LogP contribution in [0.4, 0.5) is 9.59 Å². The molecule has 1 saturated heterocycles. The molecular weight excluding hydrogens is 276 g/mol. The summed E-state index contributed by atoms with van der Waals surface area (Å²) < 4.78 is 0. The number of carbonyl (C=O) groups excluding carboxylic acids is 3. The van der Waals surface area contributed by atoms with E-state index in [4.69, 9.17) is 0 Å². The van der Waals surface area contributed by atoms with Crippen molar-refractivity contribution in [2.75, 3.05) is 6.54 Å². The molecule has 8 nitrogen and oxygen atoms in total. The molecule has 114 valence electrons. The zero-order valence-corrected chi connectivity index (χ0v) is 11.8. The minimum absolute atomic E-state index is 0.0625. The van der Waals surface area contributed by atoms with Crippen molar-refractivity contribution < 1.29 is 19.6 Å². The Kier molecular flexibility index (Phi) is 4.08. The van der Waals surface area contributed by atoms with Crippen LogP contribution >= 0.6 is 0 Å². The lowest BCUT2D eigenvalue weighted by Crippen LogP contribution is -2.72. The van der Waals surface area contributed by atoms with Gasteiger partial charge >= 0.3 is 12.1 Å². The number of urea groups is 2. The minimum atomic E-state index is -1.54. The number of hydrogen-bond acceptors (Lipinski definition) is 4. The molecule has 2 N–H and O–H groups in total. The van der Waals surface area contributed by atoms with E-state index in [0.717, 1.165) is 17.7 Å². The van der Waals surface area contributed by atoms with Gasteiger partial charge in [0.25, 0.3) is 5.91 Å². The van der Waals surface area contributed by atoms with Crippen LogP contribution in [0.25, 0.3) is 0 Å². The number of amides is 5. The van der Waals surface area contributed by atoms with Crippen molar-refractivity contribution in [3.8, 4) is 0 Å². The summed E-state index contributed by atoms with van der Waals surface area (Å²) in [6.45, 7) is 5.40. The van der Waals surface area contributed by atoms with Crippen molar-refractivity contribution >= 4 is 23.7 Å². The van der Waals surface area contributed by atoms with Crippen LogP contribution in [0.5, 0.6) is 0 Å². The molecule has 2 aliphatic heterocycles. The van der Waals surface area contributed by atoms with E-state index in [0.29, 0.717) is 11.5 Å². The van der Waals surface area contributed by atoms with E-state index in [9.17, 15) is 19.6 Å². The molecular formula is C13H18N4O4. The second-order valence-corrected chi connectivity index (χ2v) is 5.01. The van der Waals surface area contributed by atoms with E-state index in [2.05, 4.69) is 16.9 Å². The zero-order valence-electron chi connectivity index (χ0n) is 11.8. The first-order valence-corrected chi connectivity index (χ1v) is 6.85. The first kappa shape index (κ1) is 15.2. The zero-order chi connectivity index (χ0) is 15.6. The number of hydroxylamine groups is 2. The number of nitrogens with zero attached hydrogens (tertiary/aromatic N) is 3. The first-order chi connectivity index (χ1) is 9.97. The highest BCUT2D eigenvalue weighted by atomic mass is 16.5. The standard InChI is InChI=1S/C13H18N4O4/c1-3-5-6-7-13-9(14-11(19)15-13)10(18)16(8-4-2)12(20)17(13)21/h4,21H,2-3,5-8H2,1H3,(H,15,19). The number of aliphatic imine (C=N–C) groups is 1. The molecule has 0 aromatic heterocycles. The second kappa shape index (κ2) is 5.65. The molecule has 0 radical (unpaired) electrons. The monoisotopic (exact) mass is 294 g/mol. The maximum atomic E-state index is 12.3. The highest BCUT2D eigenvalue weighted by Crippen LogP contribution is 2.31. The predicted octanol–water partition coefficient (Wildman–Crippen LogP) is 1.27. The fourth-order valence-electron chi connectivity index (χ4n) is 2.54. The summed E-state index contributed by atoms with van der Waals surface area (Å²) in [5.41, 5.74) is -1.69. The SMILES string of the molecule is C=CCN1C(=O)C2=NC(=O)NC2(CCCCC)N(O)C1=O. The van der Waals surface area contributed by atoms with Gasteiger partial charge in [-0.25, -0.2) is 9.59 Å². The van der Waals surface area contributed by atoms with Gasteiger partial charge in [0.1, 0.15) is 0 Å². The van der Waals surface area contributed by atoms with Crippen LogP contribution in [-0.2, 0) is 4.79 Å². The van der Waals surface area contributed by atoms with E-state index in [1.165, 1.54) is 6.08 Å². The maximum Gasteiger partial charge on any atom is 0.353 e. The van der Waals surface area contributed by atoms with Crippen LogP contribution in [0.15, 0.2) is 17.6 Å². The summed E-state index contributed by atoms with van der Waals surface area (Å²) in [5.74, 6) is -0.681. The molecule has 1 fully saturated rings. The second-order valence-electron chi connectivity index (χ2n) is 5.01. The summed E-state index contributed by atoms with van der Waals surface area (Å²) in [5, 5.41) is 13.0. The quantitative estimate of drug-likeness (QED) is 0.437. The molecule has 21 heavy (non-hydrogen) atoms. The summed E-state index contributed by atoms with van der Waals surface area (Å²) in [7, 11) is 0. The Morgan fingerprint density at radius 1 is 1.38 bits per heavy atom. The molecule has 1 atom stereocenters. The van der Waals surface area contributed by atoms with Gasteiger partial charge in [0.15, 0.2) is 11.4 Å². The van der Waals surface area contributed by atoms with Crippen molar-refractivity contribution in [3.05, 3.63) is 12.7 Å². The summed E-state index contributed by atoms with van der Waals surface area (Å²) in [4.78, 5) is 40.5. The van der Waals surface area contributed by atoms with Gasteiger partial charge in [-0.2, -0.15) is 10.1 Å². The molecule has 0 bridgehead atoms. The predicted molar refractivity (Wildman–Crippen MR) is 73.8 cm³/mol. The third kappa shape index (κ3) is 2.31. The van der Waals surface area contributed by atoms with E-state index in [1.807, 2.05) is 6.92 Å². The molecule has 2 rings (SSSR count). The number of unbranched alkanes of at least 4 members (excludes halogenated alkanes) is 2. The Hall–Kier alpha value is -2.22. The number of hydrogen-bond donors (Lipinski definition) is 2. The Labute approximate surface area is 122 Å². The topological polar surface area (TPSA) is 102 Å². The Morgan fingerprint density at radius 3 is 2.71 bits per heavy atom. The molecule has 0 spiro atoms. The molecule has 2 heterocycles. The number of fused-ring (bicyclic) bond motifs is 1. The first-order valence-electron chi connectivity index (χ1n) is 6.85. The molecule has 0 saturated carbocycles. The van der Waals surface area contributed by atoms with Gasteiger partial charge in [0.2, 0.25) is 0 Å². The molecule has 2 aliphatic rings. The largest absolute Gasteiger partial charge is 0.353 e. The van der Waals surface area contributed by atoms with Gasteiger partial charge in [0, 0.05) is 6.54 Å². The van der Waals surface area contributed by atoms with Gasteiger partial charge in [-0.05, 0) is 12.8 Å². The molecule has 5 amide bonds. The minimum Gasteiger partial charge on any atom is -0.306 e. The number of nitrogens with one attached hydrogen (secondary N) is 1. The van der Waals surface area contributed by atoms with Crippen LogP contribution < -0.4 is 5.32 Å². The highest BCUT2D eigenvalue weighted by Gasteiger charge is 2.58. The molecule has 1 unspecified atom stereocenters. The summed E-state index contributed by atoms with van der Waals surface area (Å²) in [6.07, 6.45) is 4.00. The average Bonchev–Trinajstić information content (AvgIpc) is 2.80. The highest BCUT2D eigenvalue weighted by molar-refractivity contribution is 6.48. The summed E-state index contributed by atoms with van der Waals surface area (Å²) in [6, 6.07) is -1.63. The molecule has 0 aliphatic carbocycles. The Morgan fingerprint density at radius 2 is 2.10 bits per heavy atom. The van der Waals surface area contributed by atoms with Gasteiger partial charge in [-0.15, -0.1) is 6.58 Å². The maximum absolute atomic E-state index is 12.3. The van der Waals surface area contributed by atoms with Crippen LogP contribution in [-0.4, -0.2) is 51.1 Å². The van der Waals surface area contributed by atoms with Gasteiger partial charge in [0.05, 0.1) is 0 Å².